The molecule has 2 aromatic carbocycles. The van der Waals surface area contributed by atoms with Crippen molar-refractivity contribution in [1.82, 2.24) is 19.7 Å². The van der Waals surface area contributed by atoms with Crippen LogP contribution in [0.5, 0.6) is 5.75 Å². The van der Waals surface area contributed by atoms with Gasteiger partial charge in [-0.05, 0) is 65.0 Å². The van der Waals surface area contributed by atoms with Crippen molar-refractivity contribution in [3.63, 3.8) is 0 Å². The van der Waals surface area contributed by atoms with Crippen molar-refractivity contribution >= 4 is 17.7 Å². The normalized spacial score (nSPS) is 11.2. The third-order valence-electron chi connectivity index (χ3n) is 4.97. The minimum Gasteiger partial charge on any atom is -0.497 e. The van der Waals surface area contributed by atoms with E-state index in [1.807, 2.05) is 73.6 Å². The van der Waals surface area contributed by atoms with E-state index in [0.29, 0.717) is 10.9 Å². The number of benzene rings is 2. The molecule has 0 saturated heterocycles. The van der Waals surface area contributed by atoms with Crippen LogP contribution in [-0.4, -0.2) is 50.5 Å². The molecular weight excluding hydrogens is 408 g/mol. The van der Waals surface area contributed by atoms with Crippen molar-refractivity contribution in [3.05, 3.63) is 54.1 Å². The predicted molar refractivity (Wildman–Crippen MR) is 126 cm³/mol. The van der Waals surface area contributed by atoms with Crippen molar-refractivity contribution in [2.24, 2.45) is 0 Å². The molecule has 0 aliphatic carbocycles. The molecule has 0 fully saturated rings. The van der Waals surface area contributed by atoms with Gasteiger partial charge in [-0.15, -0.1) is 10.2 Å². The molecule has 1 amide bonds. The highest BCUT2D eigenvalue weighted by Gasteiger charge is 2.22. The van der Waals surface area contributed by atoms with E-state index in [0.717, 1.165) is 28.4 Å². The van der Waals surface area contributed by atoms with Gasteiger partial charge in [0.05, 0.1) is 12.9 Å². The topological polar surface area (TPSA) is 60.2 Å². The first-order valence-corrected chi connectivity index (χ1v) is 11.4. The molecule has 7 heteroatoms. The van der Waals surface area contributed by atoms with Crippen molar-refractivity contribution in [1.29, 1.82) is 0 Å². The third kappa shape index (κ3) is 5.28. The van der Waals surface area contributed by atoms with Gasteiger partial charge in [0, 0.05) is 23.3 Å². The molecule has 0 aliphatic rings. The second kappa shape index (κ2) is 10.0. The fraction of sp³-hybridized carbons (Fsp3) is 0.375. The summed E-state index contributed by atoms with van der Waals surface area (Å²) in [6, 6.07) is 16.2. The maximum atomic E-state index is 12.9. The highest BCUT2D eigenvalue weighted by Crippen LogP contribution is 2.29. The molecule has 0 spiro atoms. The maximum Gasteiger partial charge on any atom is 0.233 e. The van der Waals surface area contributed by atoms with Crippen LogP contribution >= 0.6 is 11.8 Å². The first-order valence-electron chi connectivity index (χ1n) is 10.4. The average Bonchev–Trinajstić information content (AvgIpc) is 3.15. The molecule has 1 heterocycles. The van der Waals surface area contributed by atoms with Gasteiger partial charge in [0.25, 0.3) is 0 Å². The zero-order valence-electron chi connectivity index (χ0n) is 19.0. The van der Waals surface area contributed by atoms with Crippen LogP contribution in [0, 0.1) is 6.92 Å². The number of carbonyl (C=O) groups is 1. The van der Waals surface area contributed by atoms with Gasteiger partial charge < -0.3 is 9.64 Å². The lowest BCUT2D eigenvalue weighted by molar-refractivity contribution is -0.131. The fourth-order valence-corrected chi connectivity index (χ4v) is 4.49. The van der Waals surface area contributed by atoms with Crippen LogP contribution in [0.25, 0.3) is 17.1 Å². The molecule has 1 aromatic heterocycles. The zero-order chi connectivity index (χ0) is 22.5. The molecule has 164 valence electrons. The number of rotatable bonds is 8. The Kier molecular flexibility index (Phi) is 7.38. The summed E-state index contributed by atoms with van der Waals surface area (Å²) >= 11 is 1.41. The van der Waals surface area contributed by atoms with Crippen LogP contribution in [-0.2, 0) is 4.79 Å². The van der Waals surface area contributed by atoms with Gasteiger partial charge in [-0.25, -0.2) is 0 Å². The van der Waals surface area contributed by atoms with Crippen LogP contribution < -0.4 is 4.74 Å². The molecule has 3 rings (SSSR count). The van der Waals surface area contributed by atoms with Crippen molar-refractivity contribution in [2.75, 3.05) is 12.9 Å². The summed E-state index contributed by atoms with van der Waals surface area (Å²) in [5, 5.41) is 9.59. The van der Waals surface area contributed by atoms with Gasteiger partial charge >= 0.3 is 0 Å². The summed E-state index contributed by atoms with van der Waals surface area (Å²) in [6.07, 6.45) is 0. The van der Waals surface area contributed by atoms with Gasteiger partial charge in [0.1, 0.15) is 5.75 Å². The van der Waals surface area contributed by atoms with Crippen molar-refractivity contribution < 1.29 is 9.53 Å². The Morgan fingerprint density at radius 2 is 1.74 bits per heavy atom. The molecule has 6 nitrogen and oxygen atoms in total. The monoisotopic (exact) mass is 438 g/mol. The first kappa shape index (κ1) is 22.9. The Hall–Kier alpha value is -2.80. The Morgan fingerprint density at radius 1 is 1.06 bits per heavy atom. The fourth-order valence-electron chi connectivity index (χ4n) is 3.67. The van der Waals surface area contributed by atoms with Gasteiger partial charge in [0.15, 0.2) is 11.0 Å². The highest BCUT2D eigenvalue weighted by molar-refractivity contribution is 7.99. The molecule has 31 heavy (non-hydrogen) atoms. The number of aromatic nitrogens is 3. The van der Waals surface area contributed by atoms with Crippen LogP contribution in [0.15, 0.2) is 53.7 Å². The van der Waals surface area contributed by atoms with Gasteiger partial charge in [-0.3, -0.25) is 9.36 Å². The summed E-state index contributed by atoms with van der Waals surface area (Å²) in [5.41, 5.74) is 3.05. The number of methoxy groups -OCH3 is 1. The average molecular weight is 439 g/mol. The molecule has 0 saturated carbocycles. The van der Waals surface area contributed by atoms with E-state index in [2.05, 4.69) is 29.3 Å². The Labute approximate surface area is 188 Å². The maximum absolute atomic E-state index is 12.9. The summed E-state index contributed by atoms with van der Waals surface area (Å²) in [4.78, 5) is 14.8. The molecule has 0 unspecified atom stereocenters. The number of nitrogens with zero attached hydrogens (tertiary/aromatic N) is 4. The molecule has 3 aromatic rings. The van der Waals surface area contributed by atoms with E-state index in [9.17, 15) is 4.79 Å². The zero-order valence-corrected chi connectivity index (χ0v) is 19.8. The lowest BCUT2D eigenvalue weighted by Gasteiger charge is -2.30. The minimum absolute atomic E-state index is 0.0939. The second-order valence-electron chi connectivity index (χ2n) is 7.99. The summed E-state index contributed by atoms with van der Waals surface area (Å²) in [6.45, 7) is 10.2. The van der Waals surface area contributed by atoms with Gasteiger partial charge in [-0.2, -0.15) is 0 Å². The molecule has 0 radical (unpaired) electrons. The van der Waals surface area contributed by atoms with E-state index in [4.69, 9.17) is 4.74 Å². The number of hydrogen-bond acceptors (Lipinski definition) is 5. The number of amides is 1. The van der Waals surface area contributed by atoms with E-state index >= 15 is 0 Å². The van der Waals surface area contributed by atoms with E-state index in [1.54, 1.807) is 7.11 Å². The van der Waals surface area contributed by atoms with Crippen LogP contribution in [0.3, 0.4) is 0 Å². The van der Waals surface area contributed by atoms with E-state index in [-0.39, 0.29) is 18.0 Å². The van der Waals surface area contributed by atoms with E-state index in [1.165, 1.54) is 11.8 Å². The van der Waals surface area contributed by atoms with Crippen molar-refractivity contribution in [2.45, 2.75) is 51.9 Å². The Balaban J connectivity index is 1.97. The molecule has 0 atom stereocenters. The number of carbonyl (C=O) groups excluding carboxylic acids is 1. The third-order valence-corrected chi connectivity index (χ3v) is 5.88. The van der Waals surface area contributed by atoms with Crippen LogP contribution in [0.2, 0.25) is 0 Å². The molecule has 0 N–H and O–H groups in total. The Morgan fingerprint density at radius 3 is 2.32 bits per heavy atom. The first-order chi connectivity index (χ1) is 14.8. The van der Waals surface area contributed by atoms with Gasteiger partial charge in [0.2, 0.25) is 5.91 Å². The quantitative estimate of drug-likeness (QED) is 0.464. The van der Waals surface area contributed by atoms with Gasteiger partial charge in [-0.1, -0.05) is 35.5 Å². The molecule has 0 bridgehead atoms. The smallest absolute Gasteiger partial charge is 0.233 e. The lowest BCUT2D eigenvalue weighted by Crippen LogP contribution is -2.43. The summed E-state index contributed by atoms with van der Waals surface area (Å²) in [7, 11) is 1.65. The lowest BCUT2D eigenvalue weighted by atomic mass is 10.1. The minimum atomic E-state index is 0.0939. The summed E-state index contributed by atoms with van der Waals surface area (Å²) in [5.74, 6) is 1.92. The number of thioether (sulfide) groups is 1. The van der Waals surface area contributed by atoms with E-state index < -0.39 is 0 Å². The van der Waals surface area contributed by atoms with Crippen LogP contribution in [0.4, 0.5) is 0 Å². The standard InChI is InChI=1S/C24H30N4O2S/c1-16(2)27(17(3)4)22(29)15-31-24-26-25-23(19-9-7-8-18(5)14-19)28(24)20-10-12-21(30-6)13-11-20/h7-14,16-17H,15H2,1-6H3. The second-order valence-corrected chi connectivity index (χ2v) is 8.93. The van der Waals surface area contributed by atoms with Crippen LogP contribution in [0.1, 0.15) is 33.3 Å². The molecule has 0 aliphatic heterocycles. The highest BCUT2D eigenvalue weighted by atomic mass is 32.2. The number of aryl methyl sites for hydroxylation is 1. The largest absolute Gasteiger partial charge is 0.497 e. The number of ether oxygens (including phenoxy) is 1. The summed E-state index contributed by atoms with van der Waals surface area (Å²) < 4.78 is 7.30. The predicted octanol–water partition coefficient (Wildman–Crippen LogP) is 4.99. The Bertz CT molecular complexity index is 1020. The SMILES string of the molecule is COc1ccc(-n2c(SCC(=O)N(C(C)C)C(C)C)nnc2-c2cccc(C)c2)cc1. The number of hydrogen-bond donors (Lipinski definition) is 0. The van der Waals surface area contributed by atoms with Crippen molar-refractivity contribution in [3.8, 4) is 22.8 Å². The molecular formula is C24H30N4O2S.